The summed E-state index contributed by atoms with van der Waals surface area (Å²) >= 11 is 0. The van der Waals surface area contributed by atoms with Gasteiger partial charge in [-0.25, -0.2) is 0 Å². The Morgan fingerprint density at radius 2 is 1.81 bits per heavy atom. The minimum atomic E-state index is -0.120. The Balaban J connectivity index is 4.06. The van der Waals surface area contributed by atoms with E-state index >= 15 is 0 Å². The maximum Gasteiger partial charge on any atom is 0.323 e. The molecule has 3 nitrogen and oxygen atoms in total. The van der Waals surface area contributed by atoms with E-state index in [4.69, 9.17) is 4.74 Å². The molecule has 0 aromatic heterocycles. The monoisotopic (exact) mass is 229 g/mol. The number of esters is 1. The molecule has 0 aliphatic carbocycles. The predicted octanol–water partition coefficient (Wildman–Crippen LogP) is 2.74. The Morgan fingerprint density at radius 1 is 1.19 bits per heavy atom. The van der Waals surface area contributed by atoms with Crippen molar-refractivity contribution in [1.82, 2.24) is 5.32 Å². The van der Waals surface area contributed by atoms with E-state index in [1.165, 1.54) is 0 Å². The summed E-state index contributed by atoms with van der Waals surface area (Å²) in [6.45, 7) is 9.69. The largest absolute Gasteiger partial charge is 0.465 e. The molecule has 0 bridgehead atoms. The zero-order valence-corrected chi connectivity index (χ0v) is 11.2. The molecular weight excluding hydrogens is 202 g/mol. The summed E-state index contributed by atoms with van der Waals surface area (Å²) in [6.07, 6.45) is 4.18. The van der Waals surface area contributed by atoms with E-state index in [1.54, 1.807) is 0 Å². The van der Waals surface area contributed by atoms with Crippen LogP contribution in [0.3, 0.4) is 0 Å². The summed E-state index contributed by atoms with van der Waals surface area (Å²) in [4.78, 5) is 11.6. The molecule has 0 amide bonds. The summed E-state index contributed by atoms with van der Waals surface area (Å²) in [6, 6.07) is -0.120. The Morgan fingerprint density at radius 3 is 2.25 bits per heavy atom. The van der Waals surface area contributed by atoms with Crippen molar-refractivity contribution < 1.29 is 9.53 Å². The molecule has 0 aromatic rings. The SMILES string of the molecule is CCCC(NCC(CC)CC)C(=O)OCC. The summed E-state index contributed by atoms with van der Waals surface area (Å²) in [5.74, 6) is 0.559. The number of carbonyl (C=O) groups is 1. The fraction of sp³-hybridized carbons (Fsp3) is 0.923. The molecule has 1 unspecified atom stereocenters. The molecule has 0 radical (unpaired) electrons. The smallest absolute Gasteiger partial charge is 0.323 e. The lowest BCUT2D eigenvalue weighted by Crippen LogP contribution is -2.40. The van der Waals surface area contributed by atoms with Crippen molar-refractivity contribution in [3.8, 4) is 0 Å². The fourth-order valence-corrected chi connectivity index (χ4v) is 1.72. The minimum absolute atomic E-state index is 0.102. The standard InChI is InChI=1S/C13H27NO2/c1-5-9-12(13(15)16-8-4)14-10-11(6-2)7-3/h11-12,14H,5-10H2,1-4H3. The van der Waals surface area contributed by atoms with Gasteiger partial charge in [0.2, 0.25) is 0 Å². The molecule has 0 heterocycles. The minimum Gasteiger partial charge on any atom is -0.465 e. The Hall–Kier alpha value is -0.570. The maximum absolute atomic E-state index is 11.6. The topological polar surface area (TPSA) is 38.3 Å². The number of hydrogen-bond acceptors (Lipinski definition) is 3. The second-order valence-electron chi connectivity index (χ2n) is 4.18. The van der Waals surface area contributed by atoms with E-state index in [0.717, 1.165) is 32.2 Å². The third-order valence-electron chi connectivity index (χ3n) is 2.96. The third-order valence-corrected chi connectivity index (χ3v) is 2.96. The average molecular weight is 229 g/mol. The molecule has 16 heavy (non-hydrogen) atoms. The van der Waals surface area contributed by atoms with Gasteiger partial charge in [0.1, 0.15) is 6.04 Å². The van der Waals surface area contributed by atoms with E-state index in [-0.39, 0.29) is 12.0 Å². The van der Waals surface area contributed by atoms with Gasteiger partial charge in [-0.15, -0.1) is 0 Å². The Labute approximate surface area is 99.9 Å². The van der Waals surface area contributed by atoms with Crippen molar-refractivity contribution in [2.24, 2.45) is 5.92 Å². The van der Waals surface area contributed by atoms with Gasteiger partial charge >= 0.3 is 5.97 Å². The number of carbonyl (C=O) groups excluding carboxylic acids is 1. The predicted molar refractivity (Wildman–Crippen MR) is 67.4 cm³/mol. The fourth-order valence-electron chi connectivity index (χ4n) is 1.72. The highest BCUT2D eigenvalue weighted by atomic mass is 16.5. The van der Waals surface area contributed by atoms with Crippen LogP contribution in [-0.4, -0.2) is 25.2 Å². The van der Waals surface area contributed by atoms with Gasteiger partial charge in [0, 0.05) is 0 Å². The molecule has 0 rings (SSSR count). The van der Waals surface area contributed by atoms with Crippen molar-refractivity contribution >= 4 is 5.97 Å². The van der Waals surface area contributed by atoms with Gasteiger partial charge in [-0.2, -0.15) is 0 Å². The van der Waals surface area contributed by atoms with Crippen LogP contribution in [0.4, 0.5) is 0 Å². The lowest BCUT2D eigenvalue weighted by Gasteiger charge is -2.20. The highest BCUT2D eigenvalue weighted by molar-refractivity contribution is 5.75. The first kappa shape index (κ1) is 15.4. The highest BCUT2D eigenvalue weighted by Gasteiger charge is 2.18. The zero-order chi connectivity index (χ0) is 12.4. The van der Waals surface area contributed by atoms with Crippen LogP contribution >= 0.6 is 0 Å². The van der Waals surface area contributed by atoms with Crippen LogP contribution in [0.2, 0.25) is 0 Å². The Kier molecular flexibility index (Phi) is 9.30. The van der Waals surface area contributed by atoms with Crippen LogP contribution in [-0.2, 0) is 9.53 Å². The second-order valence-corrected chi connectivity index (χ2v) is 4.18. The third kappa shape index (κ3) is 6.11. The lowest BCUT2D eigenvalue weighted by molar-refractivity contribution is -0.145. The molecule has 0 saturated heterocycles. The first-order chi connectivity index (χ1) is 7.69. The summed E-state index contributed by atoms with van der Waals surface area (Å²) in [5.41, 5.74) is 0. The van der Waals surface area contributed by atoms with E-state index in [1.807, 2.05) is 6.92 Å². The van der Waals surface area contributed by atoms with Crippen molar-refractivity contribution in [3.05, 3.63) is 0 Å². The average Bonchev–Trinajstić information content (AvgIpc) is 2.29. The van der Waals surface area contributed by atoms with Crippen molar-refractivity contribution in [2.45, 2.75) is 59.4 Å². The molecule has 3 heteroatoms. The van der Waals surface area contributed by atoms with Crippen LogP contribution in [0.25, 0.3) is 0 Å². The number of rotatable bonds is 9. The van der Waals surface area contributed by atoms with E-state index < -0.39 is 0 Å². The number of hydrogen-bond donors (Lipinski definition) is 1. The quantitative estimate of drug-likeness (QED) is 0.618. The lowest BCUT2D eigenvalue weighted by atomic mass is 10.0. The zero-order valence-electron chi connectivity index (χ0n) is 11.2. The van der Waals surface area contributed by atoms with Crippen LogP contribution in [0.5, 0.6) is 0 Å². The molecule has 1 atom stereocenters. The molecule has 0 aliphatic rings. The van der Waals surface area contributed by atoms with Crippen molar-refractivity contribution in [1.29, 1.82) is 0 Å². The van der Waals surface area contributed by atoms with Crippen molar-refractivity contribution in [2.75, 3.05) is 13.2 Å². The van der Waals surface area contributed by atoms with E-state index in [9.17, 15) is 4.79 Å². The van der Waals surface area contributed by atoms with Gasteiger partial charge in [-0.3, -0.25) is 4.79 Å². The first-order valence-electron chi connectivity index (χ1n) is 6.59. The van der Waals surface area contributed by atoms with E-state index in [0.29, 0.717) is 12.5 Å². The second kappa shape index (κ2) is 9.64. The summed E-state index contributed by atoms with van der Waals surface area (Å²) < 4.78 is 5.05. The van der Waals surface area contributed by atoms with Crippen LogP contribution in [0.15, 0.2) is 0 Å². The molecule has 0 saturated carbocycles. The molecule has 1 N–H and O–H groups in total. The molecule has 0 spiro atoms. The molecule has 96 valence electrons. The normalized spacial score (nSPS) is 12.8. The van der Waals surface area contributed by atoms with Crippen LogP contribution in [0, 0.1) is 5.92 Å². The summed E-state index contributed by atoms with van der Waals surface area (Å²) in [7, 11) is 0. The van der Waals surface area contributed by atoms with Crippen LogP contribution in [0.1, 0.15) is 53.4 Å². The number of nitrogens with one attached hydrogen (secondary N) is 1. The molecule has 0 aliphatic heterocycles. The maximum atomic E-state index is 11.6. The van der Waals surface area contributed by atoms with Gasteiger partial charge in [0.05, 0.1) is 6.61 Å². The van der Waals surface area contributed by atoms with Gasteiger partial charge in [0.15, 0.2) is 0 Å². The van der Waals surface area contributed by atoms with Gasteiger partial charge in [-0.1, -0.05) is 40.0 Å². The van der Waals surface area contributed by atoms with Crippen molar-refractivity contribution in [3.63, 3.8) is 0 Å². The van der Waals surface area contributed by atoms with E-state index in [2.05, 4.69) is 26.1 Å². The molecule has 0 fully saturated rings. The highest BCUT2D eigenvalue weighted by Crippen LogP contribution is 2.07. The molecular formula is C13H27NO2. The number of ether oxygens (including phenoxy) is 1. The van der Waals surface area contributed by atoms with Gasteiger partial charge < -0.3 is 10.1 Å². The van der Waals surface area contributed by atoms with Gasteiger partial charge in [0.25, 0.3) is 0 Å². The first-order valence-corrected chi connectivity index (χ1v) is 6.59. The molecule has 0 aromatic carbocycles. The summed E-state index contributed by atoms with van der Waals surface area (Å²) in [5, 5.41) is 3.33. The van der Waals surface area contributed by atoms with Crippen LogP contribution < -0.4 is 5.32 Å². The van der Waals surface area contributed by atoms with Gasteiger partial charge in [-0.05, 0) is 25.8 Å². The Bertz CT molecular complexity index is 179.